The summed E-state index contributed by atoms with van der Waals surface area (Å²) in [6.45, 7) is 1.71. The molecule has 0 saturated heterocycles. The van der Waals surface area contributed by atoms with Gasteiger partial charge in [0.15, 0.2) is 11.6 Å². The molecule has 3 aromatic rings. The summed E-state index contributed by atoms with van der Waals surface area (Å²) in [4.78, 5) is 3.76. The van der Waals surface area contributed by atoms with Gasteiger partial charge in [-0.3, -0.25) is 4.72 Å². The molecule has 0 bridgehead atoms. The van der Waals surface area contributed by atoms with Crippen molar-refractivity contribution in [1.82, 2.24) is 4.98 Å². The Morgan fingerprint density at radius 3 is 2.54 bits per heavy atom. The first-order valence-corrected chi connectivity index (χ1v) is 8.74. The van der Waals surface area contributed by atoms with Gasteiger partial charge in [-0.1, -0.05) is 17.7 Å². The molecule has 124 valence electrons. The van der Waals surface area contributed by atoms with E-state index >= 15 is 0 Å². The van der Waals surface area contributed by atoms with Crippen LogP contribution in [0.3, 0.4) is 0 Å². The van der Waals surface area contributed by atoms with Gasteiger partial charge < -0.3 is 10.2 Å². The van der Waals surface area contributed by atoms with Gasteiger partial charge in [-0.15, -0.1) is 0 Å². The van der Waals surface area contributed by atoms with E-state index in [1.807, 2.05) is 0 Å². The van der Waals surface area contributed by atoms with Gasteiger partial charge in [0.25, 0.3) is 10.0 Å². The average Bonchev–Trinajstić information content (AvgIpc) is 2.54. The first-order chi connectivity index (χ1) is 11.3. The first-order valence-electron chi connectivity index (χ1n) is 6.88. The molecule has 0 unspecified atom stereocenters. The average molecular weight is 365 g/mol. The molecule has 0 atom stereocenters. The van der Waals surface area contributed by atoms with E-state index in [1.165, 1.54) is 36.5 Å². The van der Waals surface area contributed by atoms with E-state index in [2.05, 4.69) is 9.71 Å². The normalized spacial score (nSPS) is 11.6. The van der Waals surface area contributed by atoms with Crippen LogP contribution in [0.25, 0.3) is 10.8 Å². The molecule has 0 radical (unpaired) electrons. The van der Waals surface area contributed by atoms with Crippen molar-refractivity contribution in [2.75, 3.05) is 4.72 Å². The first kappa shape index (κ1) is 16.4. The summed E-state index contributed by atoms with van der Waals surface area (Å²) < 4.78 is 27.2. The molecule has 0 spiro atoms. The van der Waals surface area contributed by atoms with Crippen molar-refractivity contribution in [3.05, 3.63) is 53.2 Å². The maximum atomic E-state index is 12.5. The molecule has 24 heavy (non-hydrogen) atoms. The zero-order chi connectivity index (χ0) is 17.5. The molecular formula is C16H13ClN2O4S. The lowest BCUT2D eigenvalue weighted by Crippen LogP contribution is -2.14. The molecule has 0 aliphatic heterocycles. The van der Waals surface area contributed by atoms with E-state index in [0.29, 0.717) is 16.3 Å². The molecule has 0 saturated carbocycles. The number of benzene rings is 2. The van der Waals surface area contributed by atoms with Gasteiger partial charge in [0.2, 0.25) is 0 Å². The lowest BCUT2D eigenvalue weighted by Gasteiger charge is -2.11. The fourth-order valence-corrected chi connectivity index (χ4v) is 3.63. The Bertz CT molecular complexity index is 1050. The quantitative estimate of drug-likeness (QED) is 0.661. The number of anilines is 1. The second kappa shape index (κ2) is 5.85. The van der Waals surface area contributed by atoms with Gasteiger partial charge in [0, 0.05) is 11.6 Å². The highest BCUT2D eigenvalue weighted by molar-refractivity contribution is 7.92. The minimum atomic E-state index is -3.96. The monoisotopic (exact) mass is 364 g/mol. The topological polar surface area (TPSA) is 99.5 Å². The number of hydrogen-bond acceptors (Lipinski definition) is 5. The van der Waals surface area contributed by atoms with Gasteiger partial charge in [-0.2, -0.15) is 0 Å². The highest BCUT2D eigenvalue weighted by Crippen LogP contribution is 2.34. The van der Waals surface area contributed by atoms with Gasteiger partial charge in [0.05, 0.1) is 9.92 Å². The number of aromatic nitrogens is 1. The zero-order valence-electron chi connectivity index (χ0n) is 12.5. The van der Waals surface area contributed by atoms with Crippen molar-refractivity contribution < 1.29 is 18.6 Å². The van der Waals surface area contributed by atoms with Crippen LogP contribution < -0.4 is 4.72 Å². The van der Waals surface area contributed by atoms with E-state index in [1.54, 1.807) is 13.0 Å². The molecule has 1 heterocycles. The minimum Gasteiger partial charge on any atom is -0.508 e. The molecular weight excluding hydrogens is 352 g/mol. The Kier molecular flexibility index (Phi) is 3.98. The molecule has 0 fully saturated rings. The molecule has 8 heteroatoms. The fraction of sp³-hybridized carbons (Fsp3) is 0.0625. The van der Waals surface area contributed by atoms with Crippen LogP contribution in [0, 0.1) is 6.92 Å². The van der Waals surface area contributed by atoms with Crippen LogP contribution in [0.1, 0.15) is 5.56 Å². The predicted octanol–water partition coefficient (Wildman–Crippen LogP) is 3.41. The lowest BCUT2D eigenvalue weighted by molar-refractivity contribution is 0.472. The third-order valence-electron chi connectivity index (χ3n) is 3.63. The van der Waals surface area contributed by atoms with Gasteiger partial charge in [0.1, 0.15) is 5.75 Å². The Hall–Kier alpha value is -2.51. The molecule has 3 N–H and O–H groups in total. The van der Waals surface area contributed by atoms with Crippen molar-refractivity contribution >= 4 is 38.2 Å². The number of phenols is 1. The van der Waals surface area contributed by atoms with E-state index < -0.39 is 10.0 Å². The predicted molar refractivity (Wildman–Crippen MR) is 92.1 cm³/mol. The van der Waals surface area contributed by atoms with Gasteiger partial charge in [-0.05, 0) is 48.2 Å². The summed E-state index contributed by atoms with van der Waals surface area (Å²) in [5.74, 6) is -0.397. The molecule has 3 rings (SSSR count). The summed E-state index contributed by atoms with van der Waals surface area (Å²) in [5, 5.41) is 20.9. The Labute approximate surface area is 143 Å². The van der Waals surface area contributed by atoms with E-state index in [4.69, 9.17) is 11.6 Å². The van der Waals surface area contributed by atoms with E-state index in [0.717, 1.165) is 0 Å². The van der Waals surface area contributed by atoms with Crippen LogP contribution >= 0.6 is 11.6 Å². The van der Waals surface area contributed by atoms with Crippen LogP contribution in [0.4, 0.5) is 5.82 Å². The van der Waals surface area contributed by atoms with Crippen LogP contribution in [-0.4, -0.2) is 23.6 Å². The summed E-state index contributed by atoms with van der Waals surface area (Å²) >= 11 is 6.11. The summed E-state index contributed by atoms with van der Waals surface area (Å²) in [7, 11) is -3.96. The molecule has 0 aliphatic rings. The maximum Gasteiger partial charge on any atom is 0.263 e. The number of nitrogens with zero attached hydrogens (tertiary/aromatic N) is 1. The van der Waals surface area contributed by atoms with Crippen molar-refractivity contribution in [2.45, 2.75) is 11.8 Å². The molecule has 0 aliphatic carbocycles. The highest BCUT2D eigenvalue weighted by atomic mass is 35.5. The van der Waals surface area contributed by atoms with Crippen LogP contribution in [-0.2, 0) is 10.0 Å². The van der Waals surface area contributed by atoms with Gasteiger partial charge in [-0.25, -0.2) is 13.4 Å². The number of hydrogen-bond donors (Lipinski definition) is 3. The molecule has 2 aromatic carbocycles. The number of sulfonamides is 1. The number of aryl methyl sites for hydroxylation is 1. The summed E-state index contributed by atoms with van der Waals surface area (Å²) in [6.07, 6.45) is 1.36. The number of fused-ring (bicyclic) bond motifs is 1. The summed E-state index contributed by atoms with van der Waals surface area (Å²) in [5.41, 5.74) is 0.605. The third-order valence-corrected chi connectivity index (χ3v) is 5.28. The second-order valence-corrected chi connectivity index (χ2v) is 7.28. The van der Waals surface area contributed by atoms with E-state index in [9.17, 15) is 18.6 Å². The second-order valence-electron chi connectivity index (χ2n) is 5.19. The lowest BCUT2D eigenvalue weighted by atomic mass is 10.0. The number of halogens is 1. The standard InChI is InChI=1S/C16H13ClN2O4S/c1-9-11-5-4-10(7-12(11)13(17)8-15(9)21)24(22,23)19-16-14(20)3-2-6-18-16/h2-8,20-21H,1H3,(H,18,19). The molecule has 0 amide bonds. The smallest absolute Gasteiger partial charge is 0.263 e. The number of pyridine rings is 1. The Morgan fingerprint density at radius 2 is 1.83 bits per heavy atom. The fourth-order valence-electron chi connectivity index (χ4n) is 2.32. The Morgan fingerprint density at radius 1 is 1.08 bits per heavy atom. The molecule has 6 nitrogen and oxygen atoms in total. The van der Waals surface area contributed by atoms with E-state index in [-0.39, 0.29) is 27.2 Å². The van der Waals surface area contributed by atoms with Crippen LogP contribution in [0.15, 0.2) is 47.5 Å². The summed E-state index contributed by atoms with van der Waals surface area (Å²) in [6, 6.07) is 8.56. The maximum absolute atomic E-state index is 12.5. The van der Waals surface area contributed by atoms with Crippen molar-refractivity contribution in [3.8, 4) is 11.5 Å². The zero-order valence-corrected chi connectivity index (χ0v) is 14.1. The van der Waals surface area contributed by atoms with Crippen molar-refractivity contribution in [1.29, 1.82) is 0 Å². The Balaban J connectivity index is 2.10. The largest absolute Gasteiger partial charge is 0.508 e. The number of nitrogens with one attached hydrogen (secondary N) is 1. The minimum absolute atomic E-state index is 0.0351. The number of aromatic hydroxyl groups is 2. The third kappa shape index (κ3) is 2.83. The van der Waals surface area contributed by atoms with Crippen LogP contribution in [0.5, 0.6) is 11.5 Å². The SMILES string of the molecule is Cc1c(O)cc(Cl)c2cc(S(=O)(=O)Nc3ncccc3O)ccc12. The molecule has 1 aromatic heterocycles. The van der Waals surface area contributed by atoms with Crippen molar-refractivity contribution in [3.63, 3.8) is 0 Å². The van der Waals surface area contributed by atoms with Crippen LogP contribution in [0.2, 0.25) is 5.02 Å². The highest BCUT2D eigenvalue weighted by Gasteiger charge is 2.18. The van der Waals surface area contributed by atoms with Crippen molar-refractivity contribution in [2.24, 2.45) is 0 Å². The van der Waals surface area contributed by atoms with Gasteiger partial charge >= 0.3 is 0 Å². The number of rotatable bonds is 3. The number of phenolic OH excluding ortho intramolecular Hbond substituents is 1.